The molecule has 7 heteroatoms. The molecule has 0 saturated carbocycles. The lowest BCUT2D eigenvalue weighted by atomic mass is 10.1. The summed E-state index contributed by atoms with van der Waals surface area (Å²) in [5, 5.41) is 2.84. The predicted octanol–water partition coefficient (Wildman–Crippen LogP) is 5.00. The zero-order chi connectivity index (χ0) is 21.9. The van der Waals surface area contributed by atoms with Gasteiger partial charge in [-0.2, -0.15) is 0 Å². The smallest absolute Gasteiger partial charge is 0.263 e. The van der Waals surface area contributed by atoms with Crippen LogP contribution < -0.4 is 10.0 Å². The molecule has 0 aliphatic heterocycles. The molecule has 3 aromatic carbocycles. The molecule has 2 N–H and O–H groups in total. The van der Waals surface area contributed by atoms with Crippen LogP contribution in [0.2, 0.25) is 5.02 Å². The Labute approximate surface area is 182 Å². The van der Waals surface area contributed by atoms with Gasteiger partial charge < -0.3 is 5.32 Å². The number of hydrogen-bond donors (Lipinski definition) is 2. The lowest BCUT2D eigenvalue weighted by molar-refractivity contribution is 0.0950. The topological polar surface area (TPSA) is 75.3 Å². The fraction of sp³-hybridized carbons (Fsp3) is 0.174. The second kappa shape index (κ2) is 8.90. The van der Waals surface area contributed by atoms with E-state index in [9.17, 15) is 13.2 Å². The molecule has 0 radical (unpaired) electrons. The van der Waals surface area contributed by atoms with Crippen LogP contribution in [0.25, 0.3) is 0 Å². The molecule has 0 aromatic heterocycles. The third-order valence-corrected chi connectivity index (χ3v) is 6.68. The third-order valence-electron chi connectivity index (χ3n) is 4.82. The number of anilines is 1. The van der Waals surface area contributed by atoms with E-state index in [0.717, 1.165) is 22.3 Å². The summed E-state index contributed by atoms with van der Waals surface area (Å²) < 4.78 is 28.3. The van der Waals surface area contributed by atoms with Crippen molar-refractivity contribution >= 4 is 33.2 Å². The number of hydrogen-bond acceptors (Lipinski definition) is 3. The van der Waals surface area contributed by atoms with Crippen molar-refractivity contribution in [3.63, 3.8) is 0 Å². The molecule has 3 aromatic rings. The summed E-state index contributed by atoms with van der Waals surface area (Å²) >= 11 is 6.15. The van der Waals surface area contributed by atoms with Crippen molar-refractivity contribution in [3.05, 3.63) is 93.5 Å². The van der Waals surface area contributed by atoms with E-state index in [1.165, 1.54) is 18.2 Å². The summed E-state index contributed by atoms with van der Waals surface area (Å²) in [5.74, 6) is -0.380. The Kier molecular flexibility index (Phi) is 6.48. The zero-order valence-corrected chi connectivity index (χ0v) is 18.6. The summed E-state index contributed by atoms with van der Waals surface area (Å²) in [6.45, 7) is 6.18. The van der Waals surface area contributed by atoms with Gasteiger partial charge in [-0.25, -0.2) is 8.42 Å². The predicted molar refractivity (Wildman–Crippen MR) is 121 cm³/mol. The maximum Gasteiger partial charge on any atom is 0.263 e. The number of halogens is 1. The van der Waals surface area contributed by atoms with E-state index in [-0.39, 0.29) is 21.4 Å². The highest BCUT2D eigenvalue weighted by Crippen LogP contribution is 2.26. The van der Waals surface area contributed by atoms with Crippen LogP contribution in [0.3, 0.4) is 0 Å². The Bertz CT molecular complexity index is 1190. The summed E-state index contributed by atoms with van der Waals surface area (Å²) in [6, 6.07) is 17.3. The monoisotopic (exact) mass is 442 g/mol. The Morgan fingerprint density at radius 3 is 2.27 bits per heavy atom. The quantitative estimate of drug-likeness (QED) is 0.564. The summed E-state index contributed by atoms with van der Waals surface area (Å²) in [5.41, 5.74) is 4.75. The highest BCUT2D eigenvalue weighted by molar-refractivity contribution is 7.92. The Morgan fingerprint density at radius 2 is 1.60 bits per heavy atom. The summed E-state index contributed by atoms with van der Waals surface area (Å²) in [7, 11) is -3.96. The number of carbonyl (C=O) groups is 1. The van der Waals surface area contributed by atoms with Crippen LogP contribution in [0.5, 0.6) is 0 Å². The van der Waals surface area contributed by atoms with Crippen LogP contribution in [0, 0.1) is 20.8 Å². The molecule has 0 spiro atoms. The highest BCUT2D eigenvalue weighted by Gasteiger charge is 2.20. The first-order valence-corrected chi connectivity index (χ1v) is 11.3. The van der Waals surface area contributed by atoms with Gasteiger partial charge in [0.15, 0.2) is 0 Å². The molecule has 0 atom stereocenters. The summed E-state index contributed by atoms with van der Waals surface area (Å²) in [4.78, 5) is 12.4. The molecule has 30 heavy (non-hydrogen) atoms. The Balaban J connectivity index is 1.80. The van der Waals surface area contributed by atoms with E-state index in [1.807, 2.05) is 51.1 Å². The molecular formula is C23H23ClN2O3S. The minimum Gasteiger partial charge on any atom is -0.348 e. The maximum absolute atomic E-state index is 12.9. The van der Waals surface area contributed by atoms with Gasteiger partial charge in [-0.15, -0.1) is 0 Å². The van der Waals surface area contributed by atoms with Crippen molar-refractivity contribution in [3.8, 4) is 0 Å². The van der Waals surface area contributed by atoms with Gasteiger partial charge in [0.05, 0.1) is 5.02 Å². The van der Waals surface area contributed by atoms with Crippen LogP contribution in [-0.4, -0.2) is 14.3 Å². The third kappa shape index (κ3) is 5.20. The number of carbonyl (C=O) groups excluding carboxylic acids is 1. The van der Waals surface area contributed by atoms with E-state index in [0.29, 0.717) is 12.2 Å². The van der Waals surface area contributed by atoms with E-state index in [1.54, 1.807) is 12.1 Å². The standard InChI is InChI=1S/C23H23ClN2O3S/c1-15-4-7-18(8-5-15)14-25-23(27)19-9-11-21(24)22(13-19)30(28,29)26-20-10-6-16(2)17(3)12-20/h4-13,26H,14H2,1-3H3,(H,25,27). The SMILES string of the molecule is Cc1ccc(CNC(=O)c2ccc(Cl)c(S(=O)(=O)Nc3ccc(C)c(C)c3)c2)cc1. The Morgan fingerprint density at radius 1 is 0.900 bits per heavy atom. The van der Waals surface area contributed by atoms with Gasteiger partial charge in [0.1, 0.15) is 4.90 Å². The first-order chi connectivity index (χ1) is 14.2. The van der Waals surface area contributed by atoms with Crippen molar-refractivity contribution < 1.29 is 13.2 Å². The molecule has 0 unspecified atom stereocenters. The second-order valence-electron chi connectivity index (χ2n) is 7.22. The van der Waals surface area contributed by atoms with Gasteiger partial charge in [0.25, 0.3) is 15.9 Å². The van der Waals surface area contributed by atoms with Crippen molar-refractivity contribution in [2.75, 3.05) is 4.72 Å². The van der Waals surface area contributed by atoms with E-state index >= 15 is 0 Å². The number of nitrogens with one attached hydrogen (secondary N) is 2. The van der Waals surface area contributed by atoms with Gasteiger partial charge in [0.2, 0.25) is 0 Å². The van der Waals surface area contributed by atoms with Gasteiger partial charge in [0, 0.05) is 17.8 Å². The Hall–Kier alpha value is -2.83. The molecule has 0 saturated heterocycles. The zero-order valence-electron chi connectivity index (χ0n) is 17.0. The van der Waals surface area contributed by atoms with Crippen molar-refractivity contribution in [2.45, 2.75) is 32.2 Å². The van der Waals surface area contributed by atoms with Crippen molar-refractivity contribution in [2.24, 2.45) is 0 Å². The lowest BCUT2D eigenvalue weighted by Gasteiger charge is -2.12. The molecule has 0 heterocycles. The molecule has 5 nitrogen and oxygen atoms in total. The lowest BCUT2D eigenvalue weighted by Crippen LogP contribution is -2.23. The first kappa shape index (κ1) is 21.9. The molecular weight excluding hydrogens is 420 g/mol. The average Bonchev–Trinajstić information content (AvgIpc) is 2.70. The molecule has 156 valence electrons. The first-order valence-electron chi connectivity index (χ1n) is 9.39. The van der Waals surface area contributed by atoms with E-state index in [2.05, 4.69) is 10.0 Å². The fourth-order valence-electron chi connectivity index (χ4n) is 2.86. The van der Waals surface area contributed by atoms with Crippen LogP contribution in [0.4, 0.5) is 5.69 Å². The van der Waals surface area contributed by atoms with E-state index in [4.69, 9.17) is 11.6 Å². The number of amides is 1. The maximum atomic E-state index is 12.9. The molecule has 0 fully saturated rings. The molecule has 1 amide bonds. The molecule has 0 aliphatic rings. The highest BCUT2D eigenvalue weighted by atomic mass is 35.5. The van der Waals surface area contributed by atoms with Crippen LogP contribution >= 0.6 is 11.6 Å². The fourth-order valence-corrected chi connectivity index (χ4v) is 4.43. The van der Waals surface area contributed by atoms with Crippen molar-refractivity contribution in [1.29, 1.82) is 0 Å². The molecule has 3 rings (SSSR count). The summed E-state index contributed by atoms with van der Waals surface area (Å²) in [6.07, 6.45) is 0. The number of aryl methyl sites for hydroxylation is 3. The molecule has 0 aliphatic carbocycles. The minimum atomic E-state index is -3.96. The van der Waals surface area contributed by atoms with Crippen LogP contribution in [-0.2, 0) is 16.6 Å². The van der Waals surface area contributed by atoms with Crippen LogP contribution in [0.15, 0.2) is 65.6 Å². The van der Waals surface area contributed by atoms with E-state index < -0.39 is 10.0 Å². The van der Waals surface area contributed by atoms with Crippen LogP contribution in [0.1, 0.15) is 32.6 Å². The normalized spacial score (nSPS) is 11.2. The van der Waals surface area contributed by atoms with Gasteiger partial charge >= 0.3 is 0 Å². The minimum absolute atomic E-state index is 0.0430. The average molecular weight is 443 g/mol. The number of sulfonamides is 1. The molecule has 0 bridgehead atoms. The number of benzene rings is 3. The van der Waals surface area contributed by atoms with Gasteiger partial charge in [-0.1, -0.05) is 47.5 Å². The van der Waals surface area contributed by atoms with Crippen molar-refractivity contribution in [1.82, 2.24) is 5.32 Å². The van der Waals surface area contributed by atoms with Gasteiger partial charge in [-0.05, 0) is 67.8 Å². The second-order valence-corrected chi connectivity index (χ2v) is 9.28. The van der Waals surface area contributed by atoms with Gasteiger partial charge in [-0.3, -0.25) is 9.52 Å². The largest absolute Gasteiger partial charge is 0.348 e. The number of rotatable bonds is 6.